The highest BCUT2D eigenvalue weighted by Crippen LogP contribution is 2.36. The summed E-state index contributed by atoms with van der Waals surface area (Å²) in [6, 6.07) is 9.93. The predicted octanol–water partition coefficient (Wildman–Crippen LogP) is 2.67. The Morgan fingerprint density at radius 1 is 1.14 bits per heavy atom. The monoisotopic (exact) mass is 404 g/mol. The van der Waals surface area contributed by atoms with Gasteiger partial charge in [0.25, 0.3) is 5.91 Å². The van der Waals surface area contributed by atoms with Crippen LogP contribution in [0, 0.1) is 0 Å². The van der Waals surface area contributed by atoms with Crippen LogP contribution in [-0.4, -0.2) is 55.9 Å². The van der Waals surface area contributed by atoms with E-state index < -0.39 is 10.0 Å². The number of nitrogens with zero attached hydrogens (tertiary/aromatic N) is 2. The zero-order valence-corrected chi connectivity index (χ0v) is 16.6. The number of furan rings is 1. The van der Waals surface area contributed by atoms with Gasteiger partial charge in [-0.05, 0) is 56.2 Å². The number of carbonyl (C=O) groups is 1. The molecule has 1 aromatic carbocycles. The second-order valence-electron chi connectivity index (χ2n) is 7.18. The number of hydrogen-bond donors (Lipinski definition) is 0. The van der Waals surface area contributed by atoms with Crippen LogP contribution in [0.3, 0.4) is 0 Å². The third-order valence-corrected chi connectivity index (χ3v) is 7.17. The average molecular weight is 404 g/mol. The fourth-order valence-corrected chi connectivity index (χ4v) is 4.94. The van der Waals surface area contributed by atoms with Crippen LogP contribution in [0.1, 0.15) is 41.9 Å². The Hall–Kier alpha value is -2.16. The molecule has 2 aliphatic rings. The van der Waals surface area contributed by atoms with E-state index in [1.807, 2.05) is 24.0 Å². The summed E-state index contributed by atoms with van der Waals surface area (Å²) < 4.78 is 37.6. The number of hydrogen-bond acceptors (Lipinski definition) is 5. The Kier molecular flexibility index (Phi) is 5.27. The van der Waals surface area contributed by atoms with Crippen LogP contribution in [0.2, 0.25) is 0 Å². The van der Waals surface area contributed by atoms with Gasteiger partial charge in [-0.25, -0.2) is 8.42 Å². The normalized spacial score (nSPS) is 19.3. The summed E-state index contributed by atoms with van der Waals surface area (Å²) in [7, 11) is -3.57. The highest BCUT2D eigenvalue weighted by molar-refractivity contribution is 7.89. The van der Waals surface area contributed by atoms with Gasteiger partial charge in [-0.1, -0.05) is 0 Å². The molecule has 1 saturated heterocycles. The van der Waals surface area contributed by atoms with Crippen molar-refractivity contribution in [3.63, 3.8) is 0 Å². The van der Waals surface area contributed by atoms with E-state index in [-0.39, 0.29) is 22.9 Å². The largest absolute Gasteiger partial charge is 0.467 e. The lowest BCUT2D eigenvalue weighted by Gasteiger charge is -2.28. The van der Waals surface area contributed by atoms with Crippen molar-refractivity contribution in [2.75, 3.05) is 26.3 Å². The van der Waals surface area contributed by atoms with Crippen molar-refractivity contribution >= 4 is 15.9 Å². The maximum atomic E-state index is 13.1. The van der Waals surface area contributed by atoms with Gasteiger partial charge in [-0.15, -0.1) is 0 Å². The Morgan fingerprint density at radius 3 is 2.39 bits per heavy atom. The van der Waals surface area contributed by atoms with Crippen molar-refractivity contribution in [2.24, 2.45) is 0 Å². The molecule has 4 rings (SSSR count). The summed E-state index contributed by atoms with van der Waals surface area (Å²) in [5.41, 5.74) is 0.478. The number of amides is 1. The van der Waals surface area contributed by atoms with Crippen molar-refractivity contribution in [3.05, 3.63) is 54.0 Å². The first kappa shape index (κ1) is 19.2. The zero-order chi connectivity index (χ0) is 19.7. The lowest BCUT2D eigenvalue weighted by molar-refractivity contribution is 0.0652. The van der Waals surface area contributed by atoms with Gasteiger partial charge in [0, 0.05) is 24.7 Å². The van der Waals surface area contributed by atoms with Gasteiger partial charge in [-0.3, -0.25) is 4.79 Å². The van der Waals surface area contributed by atoms with E-state index in [2.05, 4.69) is 0 Å². The van der Waals surface area contributed by atoms with E-state index in [9.17, 15) is 13.2 Å². The first-order chi connectivity index (χ1) is 13.5. The van der Waals surface area contributed by atoms with E-state index in [1.54, 1.807) is 18.4 Å². The Balaban J connectivity index is 1.55. The van der Waals surface area contributed by atoms with Gasteiger partial charge < -0.3 is 14.1 Å². The molecule has 2 aromatic rings. The third-order valence-electron chi connectivity index (χ3n) is 5.26. The minimum Gasteiger partial charge on any atom is -0.467 e. The molecular formula is C20H24N2O5S. The smallest absolute Gasteiger partial charge is 0.254 e. The van der Waals surface area contributed by atoms with Crippen LogP contribution >= 0.6 is 0 Å². The fraction of sp³-hybridized carbons (Fsp3) is 0.450. The molecule has 1 amide bonds. The summed E-state index contributed by atoms with van der Waals surface area (Å²) >= 11 is 0. The topological polar surface area (TPSA) is 80.1 Å². The number of carbonyl (C=O) groups excluding carboxylic acids is 1. The Bertz CT molecular complexity index is 914. The van der Waals surface area contributed by atoms with Gasteiger partial charge in [0.05, 0.1) is 30.4 Å². The second-order valence-corrected chi connectivity index (χ2v) is 9.11. The summed E-state index contributed by atoms with van der Waals surface area (Å²) in [5, 5.41) is 0. The second kappa shape index (κ2) is 7.69. The van der Waals surface area contributed by atoms with E-state index in [1.165, 1.54) is 16.4 Å². The van der Waals surface area contributed by atoms with Crippen molar-refractivity contribution in [1.82, 2.24) is 9.21 Å². The number of ether oxygens (including phenoxy) is 1. The molecule has 0 N–H and O–H groups in total. The molecule has 0 spiro atoms. The molecule has 0 bridgehead atoms. The highest BCUT2D eigenvalue weighted by atomic mass is 32.2. The van der Waals surface area contributed by atoms with Gasteiger partial charge in [-0.2, -0.15) is 4.31 Å². The summed E-state index contributed by atoms with van der Waals surface area (Å²) in [6.07, 6.45) is 3.55. The molecule has 1 aliphatic heterocycles. The summed E-state index contributed by atoms with van der Waals surface area (Å²) in [6.45, 7) is 3.44. The Labute approximate surface area is 164 Å². The van der Waals surface area contributed by atoms with Gasteiger partial charge in [0.15, 0.2) is 0 Å². The summed E-state index contributed by atoms with van der Waals surface area (Å²) in [5.74, 6) is 0.633. The molecule has 28 heavy (non-hydrogen) atoms. The van der Waals surface area contributed by atoms with E-state index in [4.69, 9.17) is 9.15 Å². The average Bonchev–Trinajstić information content (AvgIpc) is 3.40. The molecule has 1 atom stereocenters. The Morgan fingerprint density at radius 2 is 1.82 bits per heavy atom. The van der Waals surface area contributed by atoms with Crippen LogP contribution in [-0.2, 0) is 14.8 Å². The molecule has 0 radical (unpaired) electrons. The predicted molar refractivity (Wildman–Crippen MR) is 102 cm³/mol. The maximum absolute atomic E-state index is 13.1. The SMILES string of the molecule is CC(c1ccco1)N(C(=O)c1ccc(S(=O)(=O)N2CCOCC2)cc1)C1CC1. The van der Waals surface area contributed by atoms with Crippen LogP contribution in [0.5, 0.6) is 0 Å². The van der Waals surface area contributed by atoms with Crippen molar-refractivity contribution in [2.45, 2.75) is 36.7 Å². The van der Waals surface area contributed by atoms with Crippen molar-refractivity contribution < 1.29 is 22.4 Å². The fourth-order valence-electron chi connectivity index (χ4n) is 3.53. The molecule has 2 heterocycles. The maximum Gasteiger partial charge on any atom is 0.254 e. The standard InChI is InChI=1S/C20H24N2O5S/c1-15(19-3-2-12-27-19)22(17-6-7-17)20(23)16-4-8-18(9-5-16)28(24,25)21-10-13-26-14-11-21/h2-5,8-9,12,15,17H,6-7,10-11,13-14H2,1H3. The molecule has 7 nitrogen and oxygen atoms in total. The van der Waals surface area contributed by atoms with Crippen molar-refractivity contribution in [3.8, 4) is 0 Å². The number of sulfonamides is 1. The van der Waals surface area contributed by atoms with Crippen LogP contribution in [0.25, 0.3) is 0 Å². The minimum absolute atomic E-state index is 0.110. The van der Waals surface area contributed by atoms with Crippen LogP contribution in [0.15, 0.2) is 52.0 Å². The third kappa shape index (κ3) is 3.72. The molecule has 8 heteroatoms. The molecule has 2 fully saturated rings. The van der Waals surface area contributed by atoms with E-state index >= 15 is 0 Å². The minimum atomic E-state index is -3.57. The molecular weight excluding hydrogens is 380 g/mol. The van der Waals surface area contributed by atoms with E-state index in [0.717, 1.165) is 18.6 Å². The quantitative estimate of drug-likeness (QED) is 0.740. The van der Waals surface area contributed by atoms with Gasteiger partial charge in [0.1, 0.15) is 5.76 Å². The first-order valence-corrected chi connectivity index (χ1v) is 11.0. The number of morpholine rings is 1. The molecule has 1 aliphatic carbocycles. The number of rotatable bonds is 6. The molecule has 150 valence electrons. The molecule has 1 unspecified atom stereocenters. The van der Waals surface area contributed by atoms with Gasteiger partial charge >= 0.3 is 0 Å². The highest BCUT2D eigenvalue weighted by Gasteiger charge is 2.37. The van der Waals surface area contributed by atoms with Crippen LogP contribution < -0.4 is 0 Å². The number of benzene rings is 1. The zero-order valence-electron chi connectivity index (χ0n) is 15.8. The summed E-state index contributed by atoms with van der Waals surface area (Å²) in [4.78, 5) is 15.2. The van der Waals surface area contributed by atoms with Crippen LogP contribution in [0.4, 0.5) is 0 Å². The first-order valence-electron chi connectivity index (χ1n) is 9.52. The van der Waals surface area contributed by atoms with E-state index in [0.29, 0.717) is 31.9 Å². The lowest BCUT2D eigenvalue weighted by atomic mass is 10.1. The van der Waals surface area contributed by atoms with Crippen molar-refractivity contribution in [1.29, 1.82) is 0 Å². The molecule has 1 saturated carbocycles. The lowest BCUT2D eigenvalue weighted by Crippen LogP contribution is -2.40. The molecule has 1 aromatic heterocycles. The van der Waals surface area contributed by atoms with Gasteiger partial charge in [0.2, 0.25) is 10.0 Å².